The molecule has 17 nitrogen and oxygen atoms in total. The van der Waals surface area contributed by atoms with Gasteiger partial charge >= 0.3 is 0 Å². The van der Waals surface area contributed by atoms with Crippen molar-refractivity contribution in [3.8, 4) is 5.75 Å². The lowest BCUT2D eigenvalue weighted by molar-refractivity contribution is -0.136. The van der Waals surface area contributed by atoms with Gasteiger partial charge in [0.2, 0.25) is 17.7 Å². The summed E-state index contributed by atoms with van der Waals surface area (Å²) in [7, 11) is 1.61. The number of pyridine rings is 1. The minimum atomic E-state index is -1.00. The molecule has 0 radical (unpaired) electrons. The van der Waals surface area contributed by atoms with Crippen LogP contribution < -0.4 is 20.8 Å². The maximum absolute atomic E-state index is 13.2. The lowest BCUT2D eigenvalue weighted by Crippen LogP contribution is -2.54. The second kappa shape index (κ2) is 16.4. The number of piperidine rings is 1. The van der Waals surface area contributed by atoms with Crippen LogP contribution in [-0.4, -0.2) is 101 Å². The van der Waals surface area contributed by atoms with Crippen LogP contribution in [0.1, 0.15) is 68.0 Å². The zero-order valence-electron chi connectivity index (χ0n) is 29.7. The summed E-state index contributed by atoms with van der Waals surface area (Å²) in [5.74, 6) is -1.84. The molecule has 0 saturated carbocycles. The number of hydrogen-bond acceptors (Lipinski definition) is 13. The molecule has 2 unspecified atom stereocenters. The number of nitrogens with one attached hydrogen (secondary N) is 3. The smallest absolute Gasteiger partial charge is 0.274 e. The number of carbonyl (C=O) groups excluding carboxylic acids is 6. The van der Waals surface area contributed by atoms with Crippen LogP contribution in [0.5, 0.6) is 5.75 Å². The van der Waals surface area contributed by atoms with E-state index < -0.39 is 41.6 Å². The SMILES string of the molecule is CN1NC(c2nc3cc(NC(=O)c4ccc(OCCOCCOCCCc5cccc6c5C(=O)N(C5CCC(=O)NC5=O)C6=O)cn4)ccc3o2)C=CC1=O. The number of fused-ring (bicyclic) bond motifs is 2. The molecule has 55 heavy (non-hydrogen) atoms. The summed E-state index contributed by atoms with van der Waals surface area (Å²) in [6.07, 6.45) is 5.83. The van der Waals surface area contributed by atoms with Crippen molar-refractivity contribution in [3.05, 3.63) is 95.2 Å². The molecule has 3 aliphatic rings. The van der Waals surface area contributed by atoms with Gasteiger partial charge in [0, 0.05) is 31.8 Å². The van der Waals surface area contributed by atoms with Crippen molar-refractivity contribution in [2.24, 2.45) is 0 Å². The van der Waals surface area contributed by atoms with E-state index in [-0.39, 0.29) is 36.6 Å². The largest absolute Gasteiger partial charge is 0.490 e. The molecule has 1 fully saturated rings. The quantitative estimate of drug-likeness (QED) is 0.118. The summed E-state index contributed by atoms with van der Waals surface area (Å²) in [4.78, 5) is 84.4. The molecule has 2 aromatic carbocycles. The van der Waals surface area contributed by atoms with E-state index in [0.717, 1.165) is 4.90 Å². The van der Waals surface area contributed by atoms with E-state index in [1.165, 1.54) is 17.3 Å². The maximum atomic E-state index is 13.2. The fourth-order valence-corrected chi connectivity index (χ4v) is 6.39. The zero-order valence-corrected chi connectivity index (χ0v) is 29.7. The molecular weight excluding hydrogens is 714 g/mol. The summed E-state index contributed by atoms with van der Waals surface area (Å²) in [6.45, 7) is 1.65. The molecule has 4 aromatic rings. The summed E-state index contributed by atoms with van der Waals surface area (Å²) >= 11 is 0. The van der Waals surface area contributed by atoms with Crippen LogP contribution in [0.25, 0.3) is 11.1 Å². The van der Waals surface area contributed by atoms with Crippen molar-refractivity contribution >= 4 is 52.2 Å². The van der Waals surface area contributed by atoms with Crippen LogP contribution in [0.4, 0.5) is 5.69 Å². The monoisotopic (exact) mass is 751 g/mol. The van der Waals surface area contributed by atoms with Gasteiger partial charge in [-0.25, -0.2) is 15.4 Å². The van der Waals surface area contributed by atoms with E-state index in [4.69, 9.17) is 18.6 Å². The average Bonchev–Trinajstić information content (AvgIpc) is 3.71. The highest BCUT2D eigenvalue weighted by atomic mass is 16.5. The van der Waals surface area contributed by atoms with E-state index >= 15 is 0 Å². The second-order valence-electron chi connectivity index (χ2n) is 12.9. The summed E-state index contributed by atoms with van der Waals surface area (Å²) in [6, 6.07) is 11.9. The van der Waals surface area contributed by atoms with Crippen LogP contribution in [0, 0.1) is 0 Å². The molecular formula is C38H37N7O10. The number of oxazole rings is 1. The molecule has 5 heterocycles. The maximum Gasteiger partial charge on any atom is 0.274 e. The first kappa shape index (κ1) is 37.0. The van der Waals surface area contributed by atoms with Crippen LogP contribution >= 0.6 is 0 Å². The van der Waals surface area contributed by atoms with Crippen LogP contribution in [0.3, 0.4) is 0 Å². The number of hydrogen-bond donors (Lipinski definition) is 3. The number of hydrazine groups is 1. The van der Waals surface area contributed by atoms with Crippen molar-refractivity contribution in [3.63, 3.8) is 0 Å². The Morgan fingerprint density at radius 1 is 0.982 bits per heavy atom. The lowest BCUT2D eigenvalue weighted by Gasteiger charge is -2.27. The van der Waals surface area contributed by atoms with Gasteiger partial charge in [-0.05, 0) is 61.2 Å². The molecule has 2 atom stereocenters. The summed E-state index contributed by atoms with van der Waals surface area (Å²) in [5.41, 5.74) is 6.01. The Morgan fingerprint density at radius 2 is 1.80 bits per heavy atom. The van der Waals surface area contributed by atoms with Crippen LogP contribution in [0.2, 0.25) is 0 Å². The van der Waals surface area contributed by atoms with Gasteiger partial charge in [-0.15, -0.1) is 0 Å². The highest BCUT2D eigenvalue weighted by Crippen LogP contribution is 2.31. The molecule has 6 amide bonds. The van der Waals surface area contributed by atoms with Crippen molar-refractivity contribution in [1.82, 2.24) is 30.6 Å². The number of anilines is 1. The van der Waals surface area contributed by atoms with E-state index in [1.807, 2.05) is 0 Å². The number of imide groups is 2. The molecule has 0 spiro atoms. The van der Waals surface area contributed by atoms with Crippen molar-refractivity contribution in [2.45, 2.75) is 37.8 Å². The Hall–Kier alpha value is -6.30. The molecule has 2 aromatic heterocycles. The Kier molecular flexibility index (Phi) is 11.0. The summed E-state index contributed by atoms with van der Waals surface area (Å²) < 4.78 is 22.8. The molecule has 3 N–H and O–H groups in total. The van der Waals surface area contributed by atoms with E-state index in [0.29, 0.717) is 78.8 Å². The van der Waals surface area contributed by atoms with Gasteiger partial charge in [-0.2, -0.15) is 0 Å². The van der Waals surface area contributed by atoms with Gasteiger partial charge in [-0.3, -0.25) is 44.0 Å². The van der Waals surface area contributed by atoms with Gasteiger partial charge in [0.05, 0.1) is 37.1 Å². The van der Waals surface area contributed by atoms with Crippen molar-refractivity contribution in [2.75, 3.05) is 45.4 Å². The minimum Gasteiger partial charge on any atom is -0.490 e. The third-order valence-corrected chi connectivity index (χ3v) is 9.15. The number of nitrogens with zero attached hydrogens (tertiary/aromatic N) is 4. The number of aryl methyl sites for hydroxylation is 1. The average molecular weight is 752 g/mol. The molecule has 0 aliphatic carbocycles. The van der Waals surface area contributed by atoms with Crippen molar-refractivity contribution in [1.29, 1.82) is 0 Å². The van der Waals surface area contributed by atoms with Gasteiger partial charge in [0.25, 0.3) is 23.6 Å². The predicted molar refractivity (Wildman–Crippen MR) is 193 cm³/mol. The number of carbonyl (C=O) groups is 6. The minimum absolute atomic E-state index is 0.0645. The first-order valence-electron chi connectivity index (χ1n) is 17.7. The number of ether oxygens (including phenoxy) is 3. The lowest BCUT2D eigenvalue weighted by atomic mass is 9.99. The predicted octanol–water partition coefficient (Wildman–Crippen LogP) is 2.50. The Bertz CT molecular complexity index is 2180. The number of rotatable bonds is 15. The standard InChI is InChI=1S/C38H37N7O10/c1-44-32(47)14-10-27(43-44)36-41-28-20-23(7-12-30(28)55-36)40-34(48)26-9-8-24(21-39-26)54-19-18-53-17-16-52-15-3-5-22-4-2-6-25-33(22)38(51)45(37(25)50)29-11-13-31(46)42-35(29)49/h2,4,6-10,12,14,20-21,27,29,43H,3,5,11,13,15-19H2,1H3,(H,40,48)(H,42,46,49). The van der Waals surface area contributed by atoms with E-state index in [9.17, 15) is 28.8 Å². The Balaban J connectivity index is 0.782. The Labute approximate surface area is 314 Å². The van der Waals surface area contributed by atoms with E-state index in [2.05, 4.69) is 26.0 Å². The normalized spacial score (nSPS) is 18.2. The highest BCUT2D eigenvalue weighted by Gasteiger charge is 2.45. The van der Waals surface area contributed by atoms with Gasteiger partial charge in [-0.1, -0.05) is 18.2 Å². The fraction of sp³-hybridized carbons (Fsp3) is 0.316. The van der Waals surface area contributed by atoms with Crippen LogP contribution in [0.15, 0.2) is 71.3 Å². The molecule has 17 heteroatoms. The van der Waals surface area contributed by atoms with Gasteiger partial charge in [0.15, 0.2) is 5.58 Å². The van der Waals surface area contributed by atoms with Crippen LogP contribution in [-0.2, 0) is 30.3 Å². The highest BCUT2D eigenvalue weighted by molar-refractivity contribution is 6.24. The molecule has 0 bridgehead atoms. The second-order valence-corrected chi connectivity index (χ2v) is 12.9. The van der Waals surface area contributed by atoms with Gasteiger partial charge in [0.1, 0.15) is 35.7 Å². The third kappa shape index (κ3) is 8.28. The Morgan fingerprint density at radius 3 is 2.58 bits per heavy atom. The molecule has 284 valence electrons. The number of aromatic nitrogens is 2. The number of likely N-dealkylation sites (N-methyl/N-ethyl adjacent to an activating group) is 1. The molecule has 7 rings (SSSR count). The number of amides is 6. The third-order valence-electron chi connectivity index (χ3n) is 9.15. The topological polar surface area (TPSA) is 212 Å². The van der Waals surface area contributed by atoms with E-state index in [1.54, 1.807) is 61.7 Å². The first-order valence-corrected chi connectivity index (χ1v) is 17.7. The van der Waals surface area contributed by atoms with Crippen molar-refractivity contribution < 1.29 is 47.4 Å². The zero-order chi connectivity index (χ0) is 38.5. The van der Waals surface area contributed by atoms with Gasteiger partial charge < -0.3 is 23.9 Å². The number of benzene rings is 2. The summed E-state index contributed by atoms with van der Waals surface area (Å²) in [5, 5.41) is 6.36. The molecule has 3 aliphatic heterocycles. The fourth-order valence-electron chi connectivity index (χ4n) is 6.39. The first-order chi connectivity index (χ1) is 26.7. The molecule has 1 saturated heterocycles.